The number of halogens is 1. The van der Waals surface area contributed by atoms with Crippen LogP contribution in [0.25, 0.3) is 0 Å². The van der Waals surface area contributed by atoms with Crippen molar-refractivity contribution in [3.05, 3.63) is 23.5 Å². The lowest BCUT2D eigenvalue weighted by Gasteiger charge is -2.23. The van der Waals surface area contributed by atoms with Crippen LogP contribution in [-0.2, 0) is 0 Å². The van der Waals surface area contributed by atoms with E-state index in [1.807, 2.05) is 0 Å². The number of carbonyl (C=O) groups excluding carboxylic acids is 1. The Morgan fingerprint density at radius 2 is 1.84 bits per heavy atom. The van der Waals surface area contributed by atoms with E-state index < -0.39 is 17.3 Å². The molecule has 0 aromatic heterocycles. The lowest BCUT2D eigenvalue weighted by Crippen LogP contribution is -2.46. The van der Waals surface area contributed by atoms with E-state index in [0.29, 0.717) is 0 Å². The molecule has 1 amide bonds. The average molecular weight is 271 g/mol. The van der Waals surface area contributed by atoms with Gasteiger partial charge in [0.2, 0.25) is 0 Å². The second kappa shape index (κ2) is 5.88. The first-order chi connectivity index (χ1) is 8.84. The van der Waals surface area contributed by atoms with Gasteiger partial charge in [-0.05, 0) is 19.9 Å². The Hall–Kier alpha value is -1.82. The molecule has 0 saturated heterocycles. The summed E-state index contributed by atoms with van der Waals surface area (Å²) in [7, 11) is 2.78. The van der Waals surface area contributed by atoms with Crippen LogP contribution in [-0.4, -0.2) is 37.4 Å². The molecular weight excluding hydrogens is 253 g/mol. The van der Waals surface area contributed by atoms with Crippen LogP contribution in [0.1, 0.15) is 24.2 Å². The number of hydrogen-bond donors (Lipinski definition) is 2. The summed E-state index contributed by atoms with van der Waals surface area (Å²) in [5, 5.41) is 11.6. The lowest BCUT2D eigenvalue weighted by molar-refractivity contribution is 0.0864. The van der Waals surface area contributed by atoms with Crippen LogP contribution in [0.4, 0.5) is 4.39 Å². The third kappa shape index (κ3) is 3.57. The van der Waals surface area contributed by atoms with E-state index in [1.165, 1.54) is 20.3 Å². The number of hydrogen-bond acceptors (Lipinski definition) is 4. The largest absolute Gasteiger partial charge is 0.493 e. The molecule has 0 saturated carbocycles. The Morgan fingerprint density at radius 3 is 2.32 bits per heavy atom. The first-order valence-corrected chi connectivity index (χ1v) is 5.69. The summed E-state index contributed by atoms with van der Waals surface area (Å²) in [5.41, 5.74) is -1.00. The molecule has 0 unspecified atom stereocenters. The fourth-order valence-electron chi connectivity index (χ4n) is 1.44. The summed E-state index contributed by atoms with van der Waals surface area (Å²) in [6, 6.07) is 2.34. The van der Waals surface area contributed by atoms with Crippen molar-refractivity contribution in [2.75, 3.05) is 20.8 Å². The minimum absolute atomic E-state index is 0.167. The van der Waals surface area contributed by atoms with Crippen LogP contribution >= 0.6 is 0 Å². The second-order valence-electron chi connectivity index (χ2n) is 4.68. The molecule has 1 aromatic rings. The maximum atomic E-state index is 13.8. The highest BCUT2D eigenvalue weighted by molar-refractivity contribution is 5.95. The van der Waals surface area contributed by atoms with E-state index in [4.69, 9.17) is 14.6 Å². The Morgan fingerprint density at radius 1 is 1.32 bits per heavy atom. The summed E-state index contributed by atoms with van der Waals surface area (Å²) >= 11 is 0. The first-order valence-electron chi connectivity index (χ1n) is 5.69. The fourth-order valence-corrected chi connectivity index (χ4v) is 1.44. The van der Waals surface area contributed by atoms with Crippen molar-refractivity contribution >= 4 is 5.91 Å². The molecule has 6 heteroatoms. The number of benzene rings is 1. The Bertz CT molecular complexity index is 474. The minimum atomic E-state index is -0.837. The summed E-state index contributed by atoms with van der Waals surface area (Å²) in [5.74, 6) is -0.879. The maximum absolute atomic E-state index is 13.8. The molecule has 0 aliphatic heterocycles. The van der Waals surface area contributed by atoms with Crippen LogP contribution in [0.15, 0.2) is 12.1 Å². The monoisotopic (exact) mass is 271 g/mol. The summed E-state index contributed by atoms with van der Waals surface area (Å²) in [6.45, 7) is 3.00. The molecule has 19 heavy (non-hydrogen) atoms. The molecule has 0 fully saturated rings. The number of ether oxygens (including phenoxy) is 2. The molecule has 0 aliphatic carbocycles. The van der Waals surface area contributed by atoms with Crippen LogP contribution in [0.3, 0.4) is 0 Å². The van der Waals surface area contributed by atoms with Crippen molar-refractivity contribution in [2.45, 2.75) is 19.4 Å². The molecule has 0 spiro atoms. The standard InChI is InChI=1S/C13H18FNO4/c1-13(2,7-16)15-12(17)8-5-10(18-3)11(19-4)6-9(8)14/h5-6,16H,7H2,1-4H3,(H,15,17). The number of nitrogens with one attached hydrogen (secondary N) is 1. The van der Waals surface area contributed by atoms with Gasteiger partial charge in [-0.15, -0.1) is 0 Å². The normalized spacial score (nSPS) is 11.1. The van der Waals surface area contributed by atoms with Gasteiger partial charge in [0.25, 0.3) is 5.91 Å². The lowest BCUT2D eigenvalue weighted by atomic mass is 10.1. The van der Waals surface area contributed by atoms with Crippen LogP contribution < -0.4 is 14.8 Å². The van der Waals surface area contributed by atoms with E-state index in [1.54, 1.807) is 13.8 Å². The first kappa shape index (κ1) is 15.2. The van der Waals surface area contributed by atoms with Crippen molar-refractivity contribution in [1.29, 1.82) is 0 Å². The molecule has 0 atom stereocenters. The molecule has 0 radical (unpaired) electrons. The number of carbonyl (C=O) groups is 1. The fraction of sp³-hybridized carbons (Fsp3) is 0.462. The highest BCUT2D eigenvalue weighted by Crippen LogP contribution is 2.29. The summed E-state index contributed by atoms with van der Waals surface area (Å²) in [6.07, 6.45) is 0. The van der Waals surface area contributed by atoms with Gasteiger partial charge in [-0.25, -0.2) is 4.39 Å². The molecule has 1 rings (SSSR count). The van der Waals surface area contributed by atoms with Gasteiger partial charge in [-0.3, -0.25) is 4.79 Å². The zero-order valence-corrected chi connectivity index (χ0v) is 11.4. The van der Waals surface area contributed by atoms with Crippen molar-refractivity contribution in [3.8, 4) is 11.5 Å². The average Bonchev–Trinajstić information content (AvgIpc) is 2.37. The molecular formula is C13H18FNO4. The van der Waals surface area contributed by atoms with E-state index in [0.717, 1.165) is 6.07 Å². The highest BCUT2D eigenvalue weighted by atomic mass is 19.1. The van der Waals surface area contributed by atoms with Crippen molar-refractivity contribution in [2.24, 2.45) is 0 Å². The van der Waals surface area contributed by atoms with Gasteiger partial charge < -0.3 is 19.9 Å². The number of aliphatic hydroxyl groups is 1. The molecule has 1 aromatic carbocycles. The molecule has 5 nitrogen and oxygen atoms in total. The predicted molar refractivity (Wildman–Crippen MR) is 68.1 cm³/mol. The van der Waals surface area contributed by atoms with E-state index in [9.17, 15) is 9.18 Å². The molecule has 0 heterocycles. The van der Waals surface area contributed by atoms with Gasteiger partial charge >= 0.3 is 0 Å². The quantitative estimate of drug-likeness (QED) is 0.848. The van der Waals surface area contributed by atoms with Gasteiger partial charge in [0.1, 0.15) is 5.82 Å². The Kier molecular flexibility index (Phi) is 4.72. The smallest absolute Gasteiger partial charge is 0.254 e. The maximum Gasteiger partial charge on any atom is 0.254 e. The van der Waals surface area contributed by atoms with Gasteiger partial charge in [-0.1, -0.05) is 0 Å². The summed E-state index contributed by atoms with van der Waals surface area (Å²) in [4.78, 5) is 11.9. The zero-order chi connectivity index (χ0) is 14.6. The molecule has 0 aliphatic rings. The topological polar surface area (TPSA) is 67.8 Å². The number of rotatable bonds is 5. The van der Waals surface area contributed by atoms with E-state index in [-0.39, 0.29) is 23.7 Å². The highest BCUT2D eigenvalue weighted by Gasteiger charge is 2.23. The van der Waals surface area contributed by atoms with Crippen molar-refractivity contribution < 1.29 is 23.8 Å². The van der Waals surface area contributed by atoms with Gasteiger partial charge in [0.05, 0.1) is 31.9 Å². The van der Waals surface area contributed by atoms with Gasteiger partial charge in [0.15, 0.2) is 11.5 Å². The second-order valence-corrected chi connectivity index (χ2v) is 4.68. The molecule has 2 N–H and O–H groups in total. The van der Waals surface area contributed by atoms with Crippen LogP contribution in [0.2, 0.25) is 0 Å². The third-order valence-electron chi connectivity index (χ3n) is 2.57. The minimum Gasteiger partial charge on any atom is -0.493 e. The Balaban J connectivity index is 3.10. The van der Waals surface area contributed by atoms with Crippen LogP contribution in [0, 0.1) is 5.82 Å². The molecule has 0 bridgehead atoms. The molecule has 106 valence electrons. The van der Waals surface area contributed by atoms with E-state index >= 15 is 0 Å². The van der Waals surface area contributed by atoms with Crippen LogP contribution in [0.5, 0.6) is 11.5 Å². The van der Waals surface area contributed by atoms with Crippen molar-refractivity contribution in [3.63, 3.8) is 0 Å². The Labute approximate surface area is 111 Å². The summed E-state index contributed by atoms with van der Waals surface area (Å²) < 4.78 is 23.8. The number of amides is 1. The number of methoxy groups -OCH3 is 2. The van der Waals surface area contributed by atoms with Crippen molar-refractivity contribution in [1.82, 2.24) is 5.32 Å². The predicted octanol–water partition coefficient (Wildman–Crippen LogP) is 1.34. The zero-order valence-electron chi connectivity index (χ0n) is 11.4. The number of aliphatic hydroxyl groups excluding tert-OH is 1. The van der Waals surface area contributed by atoms with Gasteiger partial charge in [-0.2, -0.15) is 0 Å². The van der Waals surface area contributed by atoms with Gasteiger partial charge in [0, 0.05) is 6.07 Å². The van der Waals surface area contributed by atoms with E-state index in [2.05, 4.69) is 5.32 Å². The third-order valence-corrected chi connectivity index (χ3v) is 2.57. The SMILES string of the molecule is COc1cc(F)c(C(=O)NC(C)(C)CO)cc1OC.